The first kappa shape index (κ1) is 20.9. The fourth-order valence-corrected chi connectivity index (χ4v) is 3.15. The van der Waals surface area contributed by atoms with E-state index in [1.807, 2.05) is 37.3 Å². The highest BCUT2D eigenvalue weighted by Crippen LogP contribution is 2.25. The highest BCUT2D eigenvalue weighted by molar-refractivity contribution is 6.05. The van der Waals surface area contributed by atoms with Gasteiger partial charge in [-0.2, -0.15) is 0 Å². The second-order valence-electron chi connectivity index (χ2n) is 6.84. The number of hydrogen-bond donors (Lipinski definition) is 1. The Hall–Kier alpha value is -4.39. The maximum atomic E-state index is 13.1. The number of para-hydroxylation sites is 2. The van der Waals surface area contributed by atoms with Crippen molar-refractivity contribution < 1.29 is 23.8 Å². The Morgan fingerprint density at radius 2 is 1.75 bits per heavy atom. The number of anilines is 1. The van der Waals surface area contributed by atoms with Crippen LogP contribution >= 0.6 is 0 Å². The molecule has 4 aromatic rings. The standard InChI is InChI=1S/C25H20N2O5/c1-2-31-21-10-6-7-17-15-20(23(28)26-18-8-4-3-5-9-18)24(32-22(17)21)27-19-13-11-16(12-14-19)25(29)30/h3-15H,2H2,1H3,(H,26,28)(H,29,30)/p-1. The van der Waals surface area contributed by atoms with Crippen LogP contribution < -0.4 is 20.7 Å². The monoisotopic (exact) mass is 427 g/mol. The van der Waals surface area contributed by atoms with Crippen LogP contribution in [-0.2, 0) is 0 Å². The predicted octanol–water partition coefficient (Wildman–Crippen LogP) is 3.68. The molecule has 0 spiro atoms. The number of carbonyl (C=O) groups excluding carboxylic acids is 2. The Morgan fingerprint density at radius 1 is 1.00 bits per heavy atom. The van der Waals surface area contributed by atoms with Gasteiger partial charge in [0.25, 0.3) is 5.91 Å². The van der Waals surface area contributed by atoms with Crippen molar-refractivity contribution in [2.45, 2.75) is 6.92 Å². The maximum absolute atomic E-state index is 13.1. The van der Waals surface area contributed by atoms with Crippen LogP contribution in [0, 0.1) is 0 Å². The lowest BCUT2D eigenvalue weighted by molar-refractivity contribution is -0.255. The smallest absolute Gasteiger partial charge is 0.261 e. The largest absolute Gasteiger partial charge is 0.545 e. The van der Waals surface area contributed by atoms with Crippen molar-refractivity contribution >= 4 is 34.2 Å². The molecule has 0 aliphatic carbocycles. The zero-order valence-electron chi connectivity index (χ0n) is 17.2. The predicted molar refractivity (Wildman–Crippen MR) is 118 cm³/mol. The third-order valence-corrected chi connectivity index (χ3v) is 4.65. The number of carboxylic acids is 1. The molecule has 1 amide bonds. The number of aromatic carboxylic acids is 1. The summed E-state index contributed by atoms with van der Waals surface area (Å²) in [6.45, 7) is 2.31. The first-order chi connectivity index (χ1) is 15.5. The molecule has 0 radical (unpaired) electrons. The number of benzene rings is 3. The zero-order valence-corrected chi connectivity index (χ0v) is 17.2. The quantitative estimate of drug-likeness (QED) is 0.506. The van der Waals surface area contributed by atoms with Gasteiger partial charge in [-0.3, -0.25) is 4.79 Å². The summed E-state index contributed by atoms with van der Waals surface area (Å²) in [7, 11) is 0. The summed E-state index contributed by atoms with van der Waals surface area (Å²) in [4.78, 5) is 28.5. The topological polar surface area (TPSA) is 104 Å². The first-order valence-electron chi connectivity index (χ1n) is 9.97. The van der Waals surface area contributed by atoms with E-state index in [9.17, 15) is 14.7 Å². The minimum Gasteiger partial charge on any atom is -0.545 e. The van der Waals surface area contributed by atoms with Gasteiger partial charge < -0.3 is 24.4 Å². The van der Waals surface area contributed by atoms with E-state index >= 15 is 0 Å². The lowest BCUT2D eigenvalue weighted by Gasteiger charge is -2.10. The number of nitrogens with one attached hydrogen (secondary N) is 1. The Bertz CT molecular complexity index is 1340. The number of amides is 1. The van der Waals surface area contributed by atoms with Gasteiger partial charge in [0.05, 0.1) is 18.3 Å². The van der Waals surface area contributed by atoms with Gasteiger partial charge in [-0.15, -0.1) is 0 Å². The van der Waals surface area contributed by atoms with Gasteiger partial charge in [-0.1, -0.05) is 42.5 Å². The van der Waals surface area contributed by atoms with Crippen molar-refractivity contribution in [3.63, 3.8) is 0 Å². The molecule has 1 heterocycles. The molecule has 32 heavy (non-hydrogen) atoms. The van der Waals surface area contributed by atoms with Gasteiger partial charge in [0.1, 0.15) is 5.56 Å². The van der Waals surface area contributed by atoms with Crippen molar-refractivity contribution in [2.75, 3.05) is 11.9 Å². The van der Waals surface area contributed by atoms with Gasteiger partial charge in [-0.05, 0) is 48.9 Å². The Balaban J connectivity index is 1.86. The van der Waals surface area contributed by atoms with Crippen LogP contribution in [0.4, 0.5) is 11.4 Å². The number of carboxylic acid groups (broad SMARTS) is 1. The van der Waals surface area contributed by atoms with Crippen molar-refractivity contribution in [2.24, 2.45) is 4.99 Å². The molecule has 7 nitrogen and oxygen atoms in total. The summed E-state index contributed by atoms with van der Waals surface area (Å²) in [5.74, 6) is -1.14. The summed E-state index contributed by atoms with van der Waals surface area (Å²) < 4.78 is 11.7. The molecule has 0 bridgehead atoms. The maximum Gasteiger partial charge on any atom is 0.261 e. The highest BCUT2D eigenvalue weighted by Gasteiger charge is 2.15. The van der Waals surface area contributed by atoms with Crippen LogP contribution in [0.2, 0.25) is 0 Å². The van der Waals surface area contributed by atoms with Gasteiger partial charge in [0.15, 0.2) is 11.3 Å². The lowest BCUT2D eigenvalue weighted by Crippen LogP contribution is -2.22. The number of hydrogen-bond acceptors (Lipinski definition) is 6. The van der Waals surface area contributed by atoms with Gasteiger partial charge in [0, 0.05) is 11.1 Å². The van der Waals surface area contributed by atoms with E-state index in [1.165, 1.54) is 24.3 Å². The molecular weight excluding hydrogens is 408 g/mol. The van der Waals surface area contributed by atoms with E-state index in [1.54, 1.807) is 24.3 Å². The second kappa shape index (κ2) is 9.18. The average Bonchev–Trinajstić information content (AvgIpc) is 2.80. The number of rotatable bonds is 6. The first-order valence-corrected chi connectivity index (χ1v) is 9.97. The molecule has 4 rings (SSSR count). The van der Waals surface area contributed by atoms with Crippen molar-refractivity contribution in [1.82, 2.24) is 0 Å². The Kier molecular flexibility index (Phi) is 5.98. The van der Waals surface area contributed by atoms with Crippen LogP contribution in [0.25, 0.3) is 11.0 Å². The van der Waals surface area contributed by atoms with Gasteiger partial charge in [-0.25, -0.2) is 4.99 Å². The van der Waals surface area contributed by atoms with E-state index in [0.29, 0.717) is 34.7 Å². The average molecular weight is 427 g/mol. The Morgan fingerprint density at radius 3 is 2.44 bits per heavy atom. The zero-order chi connectivity index (χ0) is 22.5. The summed E-state index contributed by atoms with van der Waals surface area (Å²) >= 11 is 0. The number of nitrogens with zero attached hydrogens (tertiary/aromatic N) is 1. The highest BCUT2D eigenvalue weighted by atomic mass is 16.5. The molecule has 0 atom stereocenters. The third-order valence-electron chi connectivity index (χ3n) is 4.65. The number of carbonyl (C=O) groups is 2. The molecule has 1 aromatic heterocycles. The third kappa shape index (κ3) is 4.52. The molecule has 0 unspecified atom stereocenters. The van der Waals surface area contributed by atoms with E-state index in [4.69, 9.17) is 9.15 Å². The van der Waals surface area contributed by atoms with Crippen molar-refractivity contribution in [3.05, 3.63) is 95.5 Å². The normalized spacial score (nSPS) is 11.3. The SMILES string of the molecule is CCOc1cccc2cc(C(=O)Nc3ccccc3)c(=Nc3ccc(C(=O)[O-])cc3)oc12. The summed E-state index contributed by atoms with van der Waals surface area (Å²) in [5, 5.41) is 14.5. The molecule has 3 aromatic carbocycles. The fraction of sp³-hybridized carbons (Fsp3) is 0.0800. The van der Waals surface area contributed by atoms with Gasteiger partial charge >= 0.3 is 0 Å². The van der Waals surface area contributed by atoms with Crippen LogP contribution in [-0.4, -0.2) is 18.5 Å². The van der Waals surface area contributed by atoms with Crippen LogP contribution in [0.15, 0.2) is 88.3 Å². The van der Waals surface area contributed by atoms with Gasteiger partial charge in [0.2, 0.25) is 5.55 Å². The molecule has 1 N–H and O–H groups in total. The molecule has 0 saturated carbocycles. The fourth-order valence-electron chi connectivity index (χ4n) is 3.15. The number of ether oxygens (including phenoxy) is 1. The summed E-state index contributed by atoms with van der Waals surface area (Å²) in [6.07, 6.45) is 0. The van der Waals surface area contributed by atoms with E-state index in [2.05, 4.69) is 10.3 Å². The Labute approximate surface area is 183 Å². The minimum absolute atomic E-state index is 0.0278. The summed E-state index contributed by atoms with van der Waals surface area (Å²) in [6, 6.07) is 21.9. The summed E-state index contributed by atoms with van der Waals surface area (Å²) in [5.41, 5.74) is 1.82. The van der Waals surface area contributed by atoms with Crippen LogP contribution in [0.5, 0.6) is 5.75 Å². The molecule has 7 heteroatoms. The van der Waals surface area contributed by atoms with Crippen LogP contribution in [0.1, 0.15) is 27.6 Å². The molecule has 0 aliphatic heterocycles. The molecular formula is C25H19N2O5-. The molecule has 0 saturated heterocycles. The van der Waals surface area contributed by atoms with E-state index < -0.39 is 11.9 Å². The van der Waals surface area contributed by atoms with Crippen molar-refractivity contribution in [1.29, 1.82) is 0 Å². The molecule has 0 aliphatic rings. The molecule has 160 valence electrons. The second-order valence-corrected chi connectivity index (χ2v) is 6.84. The van der Waals surface area contributed by atoms with E-state index in [0.717, 1.165) is 0 Å². The lowest BCUT2D eigenvalue weighted by atomic mass is 10.1. The van der Waals surface area contributed by atoms with Crippen LogP contribution in [0.3, 0.4) is 0 Å². The van der Waals surface area contributed by atoms with E-state index in [-0.39, 0.29) is 16.7 Å². The minimum atomic E-state index is -1.28. The number of fused-ring (bicyclic) bond motifs is 1. The van der Waals surface area contributed by atoms with Crippen molar-refractivity contribution in [3.8, 4) is 5.75 Å². The molecule has 0 fully saturated rings.